The average molecular weight is 501 g/mol. The van der Waals surface area contributed by atoms with E-state index in [1.54, 1.807) is 60.7 Å². The van der Waals surface area contributed by atoms with E-state index in [2.05, 4.69) is 25.2 Å². The van der Waals surface area contributed by atoms with Gasteiger partial charge in [0.05, 0.1) is 13.2 Å². The molecule has 12 nitrogen and oxygen atoms in total. The van der Waals surface area contributed by atoms with Crippen molar-refractivity contribution in [3.05, 3.63) is 60.7 Å². The number of unbranched alkanes of at least 4 members (excludes halogenated alkanes) is 1. The van der Waals surface area contributed by atoms with E-state index >= 15 is 0 Å². The molecule has 0 saturated carbocycles. The van der Waals surface area contributed by atoms with Gasteiger partial charge in [0, 0.05) is 0 Å². The Morgan fingerprint density at radius 3 is 1.50 bits per heavy atom. The second kappa shape index (κ2) is 17.9. The van der Waals surface area contributed by atoms with Gasteiger partial charge in [0.1, 0.15) is 11.5 Å². The summed E-state index contributed by atoms with van der Waals surface area (Å²) in [5.41, 5.74) is 0. The summed E-state index contributed by atoms with van der Waals surface area (Å²) in [7, 11) is 0. The number of carbonyl (C=O) groups is 4. The van der Waals surface area contributed by atoms with Gasteiger partial charge in [-0.1, -0.05) is 84.0 Å². The van der Waals surface area contributed by atoms with Crippen LogP contribution in [0.1, 0.15) is 33.6 Å². The number of nitrogens with zero attached hydrogens (tertiary/aromatic N) is 4. The fourth-order valence-electron chi connectivity index (χ4n) is 1.98. The van der Waals surface area contributed by atoms with Crippen LogP contribution in [0.5, 0.6) is 11.5 Å². The fourth-order valence-corrected chi connectivity index (χ4v) is 1.98. The zero-order valence-corrected chi connectivity index (χ0v) is 20.2. The molecule has 36 heavy (non-hydrogen) atoms. The molecular formula is C24H28N4O8. The van der Waals surface area contributed by atoms with E-state index in [4.69, 9.17) is 14.2 Å². The van der Waals surface area contributed by atoms with Crippen molar-refractivity contribution in [2.45, 2.75) is 33.6 Å². The third-order valence-electron chi connectivity index (χ3n) is 3.59. The average Bonchev–Trinajstić information content (AvgIpc) is 2.87. The van der Waals surface area contributed by atoms with Crippen LogP contribution in [0, 0.1) is 5.92 Å². The van der Waals surface area contributed by atoms with E-state index in [1.165, 1.54) is 0 Å². The molecule has 0 heterocycles. The predicted octanol–water partition coefficient (Wildman–Crippen LogP) is 7.00. The van der Waals surface area contributed by atoms with Gasteiger partial charge in [-0.05, 0) is 36.6 Å². The number of amides is 4. The van der Waals surface area contributed by atoms with Gasteiger partial charge in [0.2, 0.25) is 0 Å². The van der Waals surface area contributed by atoms with Crippen molar-refractivity contribution in [2.75, 3.05) is 13.2 Å². The lowest BCUT2D eigenvalue weighted by Crippen LogP contribution is -2.07. The Morgan fingerprint density at radius 1 is 0.667 bits per heavy atom. The molecule has 0 aromatic heterocycles. The molecule has 192 valence electrons. The summed E-state index contributed by atoms with van der Waals surface area (Å²) in [4.78, 5) is 44.3. The normalized spacial score (nSPS) is 10.4. The summed E-state index contributed by atoms with van der Waals surface area (Å²) in [5, 5.41) is 12.3. The molecule has 0 aliphatic carbocycles. The maximum absolute atomic E-state index is 11.2. The first kappa shape index (κ1) is 29.6. The Kier molecular flexibility index (Phi) is 14.7. The third-order valence-corrected chi connectivity index (χ3v) is 3.59. The summed E-state index contributed by atoms with van der Waals surface area (Å²) in [6.45, 7) is 6.22. The maximum Gasteiger partial charge on any atom is 0.458 e. The minimum atomic E-state index is -0.970. The van der Waals surface area contributed by atoms with Gasteiger partial charge in [0.25, 0.3) is 0 Å². The van der Waals surface area contributed by atoms with Gasteiger partial charge in [-0.2, -0.15) is 0 Å². The van der Waals surface area contributed by atoms with Crippen LogP contribution >= 0.6 is 0 Å². The lowest BCUT2D eigenvalue weighted by Gasteiger charge is -2.02. The molecule has 2 aromatic rings. The lowest BCUT2D eigenvalue weighted by molar-refractivity contribution is 0.141. The van der Waals surface area contributed by atoms with Crippen LogP contribution in [-0.2, 0) is 9.47 Å². The molecule has 2 rings (SSSR count). The molecule has 2 aromatic carbocycles. The van der Waals surface area contributed by atoms with E-state index in [0.29, 0.717) is 11.5 Å². The Balaban J connectivity index is 0.000000360. The number of benzene rings is 2. The zero-order valence-electron chi connectivity index (χ0n) is 20.2. The zero-order chi connectivity index (χ0) is 26.6. The molecular weight excluding hydrogens is 472 g/mol. The molecule has 0 spiro atoms. The number of carbonyl (C=O) groups excluding carboxylic acids is 4. The highest BCUT2D eigenvalue weighted by Gasteiger charge is 2.06. The number of hydrogen-bond acceptors (Lipinski definition) is 8. The molecule has 0 aliphatic heterocycles. The summed E-state index contributed by atoms with van der Waals surface area (Å²) >= 11 is 0. The highest BCUT2D eigenvalue weighted by Crippen LogP contribution is 2.10. The number of azo groups is 2. The first-order valence-corrected chi connectivity index (χ1v) is 11.0. The molecule has 0 fully saturated rings. The van der Waals surface area contributed by atoms with Gasteiger partial charge < -0.3 is 18.9 Å². The van der Waals surface area contributed by atoms with Gasteiger partial charge >= 0.3 is 24.4 Å². The molecule has 0 saturated heterocycles. The van der Waals surface area contributed by atoms with Crippen LogP contribution in [0.3, 0.4) is 0 Å². The highest BCUT2D eigenvalue weighted by atomic mass is 16.6. The van der Waals surface area contributed by atoms with E-state index in [9.17, 15) is 19.2 Å². The van der Waals surface area contributed by atoms with Crippen molar-refractivity contribution in [2.24, 2.45) is 26.4 Å². The van der Waals surface area contributed by atoms with Crippen molar-refractivity contribution in [1.29, 1.82) is 0 Å². The van der Waals surface area contributed by atoms with Crippen molar-refractivity contribution in [3.8, 4) is 11.5 Å². The van der Waals surface area contributed by atoms with Crippen LogP contribution in [0.25, 0.3) is 0 Å². The summed E-state index contributed by atoms with van der Waals surface area (Å²) in [6.07, 6.45) is -2.09. The smallest absolute Gasteiger partial charge is 0.447 e. The Labute approximate surface area is 208 Å². The topological polar surface area (TPSA) is 155 Å². The monoisotopic (exact) mass is 500 g/mol. The van der Waals surface area contributed by atoms with E-state index in [0.717, 1.165) is 12.8 Å². The molecule has 0 unspecified atom stereocenters. The summed E-state index contributed by atoms with van der Waals surface area (Å²) < 4.78 is 18.9. The van der Waals surface area contributed by atoms with E-state index in [1.807, 2.05) is 20.8 Å². The minimum absolute atomic E-state index is 0.195. The SMILES string of the molecule is CC(C)COC(=O)N=NC(=O)Oc1ccccc1.CCCCOC(=O)N=NC(=O)Oc1ccccc1. The van der Waals surface area contributed by atoms with Crippen LogP contribution in [-0.4, -0.2) is 37.6 Å². The van der Waals surface area contributed by atoms with Crippen molar-refractivity contribution in [1.82, 2.24) is 0 Å². The minimum Gasteiger partial charge on any atom is -0.447 e. The number of hydrogen-bond donors (Lipinski definition) is 0. The standard InChI is InChI=1S/2C12H14N2O4/c1-9(2)8-17-11(15)13-14-12(16)18-10-6-4-3-5-7-10;1-2-3-9-17-11(15)13-14-12(16)18-10-7-5-4-6-8-10/h3-7,9H,8H2,1-2H3;4-8H,2-3,9H2,1H3. The first-order valence-electron chi connectivity index (χ1n) is 11.0. The summed E-state index contributed by atoms with van der Waals surface area (Å²) in [6, 6.07) is 16.7. The quantitative estimate of drug-likeness (QED) is 0.290. The van der Waals surface area contributed by atoms with Crippen molar-refractivity contribution < 1.29 is 38.1 Å². The number of ether oxygens (including phenoxy) is 4. The van der Waals surface area contributed by atoms with Gasteiger partial charge in [-0.3, -0.25) is 0 Å². The molecule has 0 radical (unpaired) electrons. The highest BCUT2D eigenvalue weighted by molar-refractivity contribution is 5.75. The molecule has 0 bridgehead atoms. The molecule has 12 heteroatoms. The van der Waals surface area contributed by atoms with Crippen LogP contribution < -0.4 is 9.47 Å². The fraction of sp³-hybridized carbons (Fsp3) is 0.333. The van der Waals surface area contributed by atoms with Crippen LogP contribution in [0.15, 0.2) is 81.1 Å². The first-order chi connectivity index (χ1) is 17.3. The number of rotatable bonds is 7. The molecule has 0 atom stereocenters. The lowest BCUT2D eigenvalue weighted by atomic mass is 10.2. The largest absolute Gasteiger partial charge is 0.458 e. The van der Waals surface area contributed by atoms with Crippen LogP contribution in [0.4, 0.5) is 19.2 Å². The Morgan fingerprint density at radius 2 is 1.08 bits per heavy atom. The third kappa shape index (κ3) is 15.4. The molecule has 4 amide bonds. The van der Waals surface area contributed by atoms with E-state index < -0.39 is 24.4 Å². The molecule has 0 aliphatic rings. The van der Waals surface area contributed by atoms with Crippen molar-refractivity contribution >= 4 is 24.4 Å². The van der Waals surface area contributed by atoms with Gasteiger partial charge in [-0.15, -0.1) is 0 Å². The summed E-state index contributed by atoms with van der Waals surface area (Å²) in [5.74, 6) is 0.859. The van der Waals surface area contributed by atoms with Gasteiger partial charge in [0.15, 0.2) is 0 Å². The second-order valence-corrected chi connectivity index (χ2v) is 7.20. The molecule has 0 N–H and O–H groups in total. The second-order valence-electron chi connectivity index (χ2n) is 7.20. The van der Waals surface area contributed by atoms with Crippen molar-refractivity contribution in [3.63, 3.8) is 0 Å². The maximum atomic E-state index is 11.2. The Hall–Kier alpha value is -4.48. The Bertz CT molecular complexity index is 1010. The number of para-hydroxylation sites is 2. The predicted molar refractivity (Wildman–Crippen MR) is 127 cm³/mol. The van der Waals surface area contributed by atoms with Crippen LogP contribution in [0.2, 0.25) is 0 Å². The van der Waals surface area contributed by atoms with E-state index in [-0.39, 0.29) is 19.1 Å². The van der Waals surface area contributed by atoms with Gasteiger partial charge in [-0.25, -0.2) is 19.2 Å².